The van der Waals surface area contributed by atoms with E-state index in [0.717, 1.165) is 16.8 Å². The predicted molar refractivity (Wildman–Crippen MR) is 107 cm³/mol. The predicted octanol–water partition coefficient (Wildman–Crippen LogP) is 4.12. The van der Waals surface area contributed by atoms with Crippen LogP contribution in [-0.2, 0) is 9.59 Å². The number of nitrogens with zero attached hydrogens (tertiary/aromatic N) is 1. The van der Waals surface area contributed by atoms with E-state index in [4.69, 9.17) is 4.74 Å². The van der Waals surface area contributed by atoms with Gasteiger partial charge in [-0.2, -0.15) is 0 Å². The molecule has 2 amide bonds. The molecule has 0 saturated carbocycles. The molecule has 0 aliphatic carbocycles. The Morgan fingerprint density at radius 2 is 1.93 bits per heavy atom. The van der Waals surface area contributed by atoms with E-state index in [1.54, 1.807) is 12.0 Å². The maximum Gasteiger partial charge on any atom is 0.229 e. The third kappa shape index (κ3) is 3.82. The minimum atomic E-state index is -0.387. The van der Waals surface area contributed by atoms with Gasteiger partial charge in [0.2, 0.25) is 11.8 Å². The SMILES string of the molecule is COc1ccccc1N1CC(C(=O)Nc2c(C)cccc2C(C)C)CC1=O. The largest absolute Gasteiger partial charge is 0.495 e. The van der Waals surface area contributed by atoms with Crippen molar-refractivity contribution in [1.82, 2.24) is 0 Å². The highest BCUT2D eigenvalue weighted by Gasteiger charge is 2.36. The third-order valence-corrected chi connectivity index (χ3v) is 5.05. The van der Waals surface area contributed by atoms with Crippen LogP contribution in [0.25, 0.3) is 0 Å². The molecule has 27 heavy (non-hydrogen) atoms. The molecule has 5 nitrogen and oxygen atoms in total. The second-order valence-corrected chi connectivity index (χ2v) is 7.26. The van der Waals surface area contributed by atoms with Crippen molar-refractivity contribution < 1.29 is 14.3 Å². The molecule has 1 atom stereocenters. The summed E-state index contributed by atoms with van der Waals surface area (Å²) in [6, 6.07) is 13.4. The van der Waals surface area contributed by atoms with Crippen LogP contribution in [0.3, 0.4) is 0 Å². The zero-order chi connectivity index (χ0) is 19.6. The van der Waals surface area contributed by atoms with Gasteiger partial charge in [0.15, 0.2) is 0 Å². The van der Waals surface area contributed by atoms with Crippen LogP contribution in [0.2, 0.25) is 0 Å². The lowest BCUT2D eigenvalue weighted by molar-refractivity contribution is -0.122. The van der Waals surface area contributed by atoms with Crippen molar-refractivity contribution in [3.63, 3.8) is 0 Å². The van der Waals surface area contributed by atoms with Crippen LogP contribution in [0, 0.1) is 12.8 Å². The van der Waals surface area contributed by atoms with Crippen LogP contribution in [0.5, 0.6) is 5.75 Å². The number of carbonyl (C=O) groups excluding carboxylic acids is 2. The Kier molecular flexibility index (Phi) is 5.49. The topological polar surface area (TPSA) is 58.6 Å². The van der Waals surface area contributed by atoms with E-state index in [9.17, 15) is 9.59 Å². The molecular weight excluding hydrogens is 340 g/mol. The molecule has 5 heteroatoms. The van der Waals surface area contributed by atoms with E-state index in [-0.39, 0.29) is 24.2 Å². The summed E-state index contributed by atoms with van der Waals surface area (Å²) < 4.78 is 5.36. The molecule has 1 saturated heterocycles. The molecule has 0 aromatic heterocycles. The van der Waals surface area contributed by atoms with Crippen molar-refractivity contribution in [3.05, 3.63) is 53.6 Å². The van der Waals surface area contributed by atoms with Crippen molar-refractivity contribution in [1.29, 1.82) is 0 Å². The molecule has 1 aliphatic heterocycles. The van der Waals surface area contributed by atoms with Crippen LogP contribution in [0.15, 0.2) is 42.5 Å². The van der Waals surface area contributed by atoms with Crippen LogP contribution in [0.1, 0.15) is 37.3 Å². The standard InChI is InChI=1S/C22H26N2O3/c1-14(2)17-9-7-8-15(3)21(17)23-22(26)16-12-20(25)24(13-16)18-10-5-6-11-19(18)27-4/h5-11,14,16H,12-13H2,1-4H3,(H,23,26). The second kappa shape index (κ2) is 7.82. The summed E-state index contributed by atoms with van der Waals surface area (Å²) in [6.07, 6.45) is 0.201. The Balaban J connectivity index is 1.79. The van der Waals surface area contributed by atoms with Crippen LogP contribution < -0.4 is 15.0 Å². The highest BCUT2D eigenvalue weighted by molar-refractivity contribution is 6.04. The summed E-state index contributed by atoms with van der Waals surface area (Å²) in [5, 5.41) is 3.07. The molecule has 142 valence electrons. The first-order valence-corrected chi connectivity index (χ1v) is 9.26. The number of carbonyl (C=O) groups is 2. The van der Waals surface area contributed by atoms with Gasteiger partial charge in [-0.3, -0.25) is 9.59 Å². The monoisotopic (exact) mass is 366 g/mol. The summed E-state index contributed by atoms with van der Waals surface area (Å²) >= 11 is 0. The lowest BCUT2D eigenvalue weighted by Gasteiger charge is -2.20. The molecular formula is C22H26N2O3. The zero-order valence-electron chi connectivity index (χ0n) is 16.3. The quantitative estimate of drug-likeness (QED) is 0.866. The number of methoxy groups -OCH3 is 1. The molecule has 1 N–H and O–H groups in total. The lowest BCUT2D eigenvalue weighted by Crippen LogP contribution is -2.28. The number of rotatable bonds is 5. The van der Waals surface area contributed by atoms with Gasteiger partial charge in [0.05, 0.1) is 18.7 Å². The average Bonchev–Trinajstić information content (AvgIpc) is 3.04. The first kappa shape index (κ1) is 19.0. The second-order valence-electron chi connectivity index (χ2n) is 7.26. The first-order chi connectivity index (χ1) is 12.9. The maximum absolute atomic E-state index is 12.9. The van der Waals surface area contributed by atoms with Crippen LogP contribution in [-0.4, -0.2) is 25.5 Å². The van der Waals surface area contributed by atoms with Crippen LogP contribution >= 0.6 is 0 Å². The summed E-state index contributed by atoms with van der Waals surface area (Å²) in [7, 11) is 1.58. The number of anilines is 2. The van der Waals surface area contributed by atoms with Gasteiger partial charge in [-0.05, 0) is 36.1 Å². The fourth-order valence-electron chi connectivity index (χ4n) is 3.54. The number of hydrogen-bond donors (Lipinski definition) is 1. The summed E-state index contributed by atoms with van der Waals surface area (Å²) in [6.45, 7) is 6.55. The fourth-order valence-corrected chi connectivity index (χ4v) is 3.54. The lowest BCUT2D eigenvalue weighted by atomic mass is 9.97. The van der Waals surface area contributed by atoms with E-state index in [2.05, 4.69) is 19.2 Å². The van der Waals surface area contributed by atoms with Gasteiger partial charge < -0.3 is 15.0 Å². The van der Waals surface area contributed by atoms with Gasteiger partial charge in [0.25, 0.3) is 0 Å². The number of aryl methyl sites for hydroxylation is 1. The molecule has 1 fully saturated rings. The van der Waals surface area contributed by atoms with Gasteiger partial charge >= 0.3 is 0 Å². The smallest absolute Gasteiger partial charge is 0.229 e. The van der Waals surface area contributed by atoms with Gasteiger partial charge in [-0.25, -0.2) is 0 Å². The van der Waals surface area contributed by atoms with E-state index in [0.29, 0.717) is 23.9 Å². The third-order valence-electron chi connectivity index (χ3n) is 5.05. The maximum atomic E-state index is 12.9. The molecule has 3 rings (SSSR count). The Labute approximate surface area is 160 Å². The van der Waals surface area contributed by atoms with Crippen LogP contribution in [0.4, 0.5) is 11.4 Å². The van der Waals surface area contributed by atoms with Crippen molar-refractivity contribution in [2.45, 2.75) is 33.1 Å². The fraction of sp³-hybridized carbons (Fsp3) is 0.364. The number of amides is 2. The van der Waals surface area contributed by atoms with E-state index < -0.39 is 0 Å². The molecule has 0 bridgehead atoms. The summed E-state index contributed by atoms with van der Waals surface area (Å²) in [5.41, 5.74) is 3.70. The van der Waals surface area contributed by atoms with E-state index in [1.807, 2.05) is 49.4 Å². The summed E-state index contributed by atoms with van der Waals surface area (Å²) in [5.74, 6) is 0.371. The first-order valence-electron chi connectivity index (χ1n) is 9.26. The Morgan fingerprint density at radius 3 is 2.63 bits per heavy atom. The molecule has 1 unspecified atom stereocenters. The number of benzene rings is 2. The molecule has 0 spiro atoms. The Bertz CT molecular complexity index is 860. The molecule has 1 heterocycles. The minimum absolute atomic E-state index is 0.0616. The normalized spacial score (nSPS) is 16.7. The van der Waals surface area contributed by atoms with Crippen molar-refractivity contribution in [3.8, 4) is 5.75 Å². The zero-order valence-corrected chi connectivity index (χ0v) is 16.3. The van der Waals surface area contributed by atoms with Gasteiger partial charge in [-0.15, -0.1) is 0 Å². The number of nitrogens with one attached hydrogen (secondary N) is 1. The van der Waals surface area contributed by atoms with Gasteiger partial charge in [0.1, 0.15) is 5.75 Å². The Hall–Kier alpha value is -2.82. The van der Waals surface area contributed by atoms with E-state index in [1.165, 1.54) is 0 Å². The molecule has 2 aromatic carbocycles. The number of ether oxygens (including phenoxy) is 1. The molecule has 1 aliphatic rings. The highest BCUT2D eigenvalue weighted by atomic mass is 16.5. The summed E-state index contributed by atoms with van der Waals surface area (Å²) in [4.78, 5) is 27.1. The average molecular weight is 366 g/mol. The van der Waals surface area contributed by atoms with Gasteiger partial charge in [0, 0.05) is 18.7 Å². The minimum Gasteiger partial charge on any atom is -0.495 e. The van der Waals surface area contributed by atoms with Crippen molar-refractivity contribution in [2.75, 3.05) is 23.9 Å². The van der Waals surface area contributed by atoms with Crippen molar-refractivity contribution >= 4 is 23.2 Å². The number of hydrogen-bond acceptors (Lipinski definition) is 3. The molecule has 0 radical (unpaired) electrons. The van der Waals surface area contributed by atoms with E-state index >= 15 is 0 Å². The number of para-hydroxylation sites is 3. The van der Waals surface area contributed by atoms with Crippen molar-refractivity contribution in [2.24, 2.45) is 5.92 Å². The molecule has 2 aromatic rings. The Morgan fingerprint density at radius 1 is 1.19 bits per heavy atom. The highest BCUT2D eigenvalue weighted by Crippen LogP contribution is 2.34. The van der Waals surface area contributed by atoms with Gasteiger partial charge in [-0.1, -0.05) is 44.2 Å².